The van der Waals surface area contributed by atoms with Gasteiger partial charge in [0.2, 0.25) is 0 Å². The van der Waals surface area contributed by atoms with Crippen molar-refractivity contribution in [1.82, 2.24) is 0 Å². The Morgan fingerprint density at radius 1 is 0.750 bits per heavy atom. The van der Waals surface area contributed by atoms with E-state index in [4.69, 9.17) is 10.2 Å². The van der Waals surface area contributed by atoms with Crippen LogP contribution in [0.1, 0.15) is 28.7 Å². The summed E-state index contributed by atoms with van der Waals surface area (Å²) in [6, 6.07) is 14.7. The van der Waals surface area contributed by atoms with Gasteiger partial charge in [-0.15, -0.1) is 0 Å². The molecule has 0 bridgehead atoms. The van der Waals surface area contributed by atoms with E-state index in [1.165, 1.54) is 0 Å². The van der Waals surface area contributed by atoms with Crippen LogP contribution in [-0.2, 0) is 28.9 Å². The van der Waals surface area contributed by atoms with E-state index in [1.807, 2.05) is 36.4 Å². The van der Waals surface area contributed by atoms with Gasteiger partial charge in [-0.1, -0.05) is 48.2 Å². The summed E-state index contributed by atoms with van der Waals surface area (Å²) in [6.45, 7) is 0. The quantitative estimate of drug-likeness (QED) is 0.802. The molecule has 122 valence electrons. The number of hydrogen-bond acceptors (Lipinski definition) is 2. The molecule has 0 saturated heterocycles. The first-order valence-corrected chi connectivity index (χ1v) is 7.62. The molecule has 2 rings (SSSR count). The molecule has 0 saturated carbocycles. The molecule has 0 aliphatic heterocycles. The highest BCUT2D eigenvalue weighted by Gasteiger charge is 2.00. The number of benzene rings is 2. The topological polar surface area (TPSA) is 74.6 Å². The maximum absolute atomic E-state index is 10.6. The molecule has 0 spiro atoms. The first-order valence-electron chi connectivity index (χ1n) is 7.62. The van der Waals surface area contributed by atoms with E-state index in [-0.39, 0.29) is 12.8 Å². The lowest BCUT2D eigenvalue weighted by Crippen LogP contribution is -1.99. The van der Waals surface area contributed by atoms with Crippen LogP contribution in [0.5, 0.6) is 0 Å². The van der Waals surface area contributed by atoms with Crippen LogP contribution in [0.15, 0.2) is 48.5 Å². The van der Waals surface area contributed by atoms with Crippen molar-refractivity contribution in [3.05, 3.63) is 70.8 Å². The number of aliphatic carboxylic acids is 2. The van der Waals surface area contributed by atoms with Crippen molar-refractivity contribution in [3.63, 3.8) is 0 Å². The van der Waals surface area contributed by atoms with Gasteiger partial charge in [0, 0.05) is 12.0 Å². The molecule has 4 heteroatoms. The molecule has 0 amide bonds. The van der Waals surface area contributed by atoms with Crippen LogP contribution in [0, 0.1) is 11.8 Å². The lowest BCUT2D eigenvalue weighted by atomic mass is 10.1. The molecule has 0 radical (unpaired) electrons. The van der Waals surface area contributed by atoms with Crippen molar-refractivity contribution in [2.45, 2.75) is 25.7 Å². The van der Waals surface area contributed by atoms with Crippen LogP contribution in [0.25, 0.3) is 0 Å². The highest BCUT2D eigenvalue weighted by molar-refractivity contribution is 5.70. The number of carboxylic acids is 2. The van der Waals surface area contributed by atoms with Gasteiger partial charge >= 0.3 is 11.9 Å². The third kappa shape index (κ3) is 5.98. The Bertz CT molecular complexity index is 762. The monoisotopic (exact) mass is 322 g/mol. The first-order chi connectivity index (χ1) is 11.5. The summed E-state index contributed by atoms with van der Waals surface area (Å²) in [7, 11) is 0. The molecule has 2 aromatic carbocycles. The normalized spacial score (nSPS) is 9.83. The fourth-order valence-corrected chi connectivity index (χ4v) is 2.25. The minimum Gasteiger partial charge on any atom is -0.481 e. The summed E-state index contributed by atoms with van der Waals surface area (Å²) in [5, 5.41) is 17.5. The predicted molar refractivity (Wildman–Crippen MR) is 90.8 cm³/mol. The van der Waals surface area contributed by atoms with E-state index in [9.17, 15) is 9.59 Å². The summed E-state index contributed by atoms with van der Waals surface area (Å²) in [5.74, 6) is 4.48. The average molecular weight is 322 g/mol. The molecule has 0 aromatic heterocycles. The molecule has 0 heterocycles. The highest BCUT2D eigenvalue weighted by Crippen LogP contribution is 2.08. The molecule has 0 unspecified atom stereocenters. The van der Waals surface area contributed by atoms with Crippen molar-refractivity contribution < 1.29 is 19.8 Å². The summed E-state index contributed by atoms with van der Waals surface area (Å²) in [6.07, 6.45) is 1.57. The van der Waals surface area contributed by atoms with Crippen molar-refractivity contribution in [1.29, 1.82) is 0 Å². The van der Waals surface area contributed by atoms with Gasteiger partial charge in [-0.25, -0.2) is 0 Å². The Morgan fingerprint density at radius 2 is 1.21 bits per heavy atom. The third-order valence-electron chi connectivity index (χ3n) is 3.46. The molecule has 24 heavy (non-hydrogen) atoms. The van der Waals surface area contributed by atoms with E-state index in [0.717, 1.165) is 28.7 Å². The molecule has 2 aromatic rings. The number of carboxylic acid groups (broad SMARTS) is 2. The fraction of sp³-hybridized carbons (Fsp3) is 0.200. The molecule has 0 aliphatic carbocycles. The molecular formula is C20H18O4. The van der Waals surface area contributed by atoms with Crippen LogP contribution in [0.2, 0.25) is 0 Å². The minimum absolute atomic E-state index is 0.0194. The van der Waals surface area contributed by atoms with Gasteiger partial charge in [-0.3, -0.25) is 9.59 Å². The fourth-order valence-electron chi connectivity index (χ4n) is 2.25. The zero-order chi connectivity index (χ0) is 17.4. The van der Waals surface area contributed by atoms with Gasteiger partial charge in [-0.05, 0) is 35.2 Å². The van der Waals surface area contributed by atoms with Gasteiger partial charge in [0.15, 0.2) is 0 Å². The summed E-state index contributed by atoms with van der Waals surface area (Å²) in [4.78, 5) is 21.2. The maximum Gasteiger partial charge on any atom is 0.307 e. The second kappa shape index (κ2) is 8.54. The summed E-state index contributed by atoms with van der Waals surface area (Å²) in [5.41, 5.74) is 3.53. The Morgan fingerprint density at radius 3 is 1.71 bits per heavy atom. The predicted octanol–water partition coefficient (Wildman–Crippen LogP) is 2.93. The van der Waals surface area contributed by atoms with Crippen LogP contribution in [0.4, 0.5) is 0 Å². The largest absolute Gasteiger partial charge is 0.481 e. The lowest BCUT2D eigenvalue weighted by molar-refractivity contribution is -0.137. The van der Waals surface area contributed by atoms with Crippen molar-refractivity contribution in [2.24, 2.45) is 0 Å². The zero-order valence-electron chi connectivity index (χ0n) is 13.2. The second-order valence-electron chi connectivity index (χ2n) is 5.46. The molecule has 0 fully saturated rings. The van der Waals surface area contributed by atoms with Crippen LogP contribution < -0.4 is 0 Å². The summed E-state index contributed by atoms with van der Waals surface area (Å²) >= 11 is 0. The lowest BCUT2D eigenvalue weighted by Gasteiger charge is -2.00. The number of aryl methyl sites for hydroxylation is 1. The van der Waals surface area contributed by atoms with Gasteiger partial charge in [-0.2, -0.15) is 0 Å². The number of rotatable bonds is 6. The molecule has 2 N–H and O–H groups in total. The second-order valence-corrected chi connectivity index (χ2v) is 5.46. The standard InChI is InChI=1S/C20H18O4/c21-19(22)13-17-9-5-15(6-10-17)3-1-2-4-16-7-11-18(12-8-16)14-20(23)24/h5-12H,1,3,13-14H2,(H,21,22)(H,23,24). The van der Waals surface area contributed by atoms with E-state index in [0.29, 0.717) is 6.42 Å². The Hall–Kier alpha value is -3.06. The first kappa shape index (κ1) is 17.3. The average Bonchev–Trinajstić information content (AvgIpc) is 2.53. The zero-order valence-corrected chi connectivity index (χ0v) is 13.2. The van der Waals surface area contributed by atoms with Gasteiger partial charge < -0.3 is 10.2 Å². The molecule has 4 nitrogen and oxygen atoms in total. The van der Waals surface area contributed by atoms with Gasteiger partial charge in [0.05, 0.1) is 12.8 Å². The molecular weight excluding hydrogens is 304 g/mol. The highest BCUT2D eigenvalue weighted by atomic mass is 16.4. The SMILES string of the molecule is O=C(O)Cc1ccc(C#CCCc2ccc(CC(=O)O)cc2)cc1. The van der Waals surface area contributed by atoms with E-state index in [1.54, 1.807) is 12.1 Å². The van der Waals surface area contributed by atoms with Crippen molar-refractivity contribution in [3.8, 4) is 11.8 Å². The minimum atomic E-state index is -0.844. The molecule has 0 aliphatic rings. The Balaban J connectivity index is 1.85. The number of carbonyl (C=O) groups is 2. The van der Waals surface area contributed by atoms with Crippen molar-refractivity contribution in [2.75, 3.05) is 0 Å². The van der Waals surface area contributed by atoms with Crippen LogP contribution >= 0.6 is 0 Å². The Kier molecular flexibility index (Phi) is 6.16. The third-order valence-corrected chi connectivity index (χ3v) is 3.46. The van der Waals surface area contributed by atoms with Crippen LogP contribution in [-0.4, -0.2) is 22.2 Å². The van der Waals surface area contributed by atoms with E-state index in [2.05, 4.69) is 11.8 Å². The van der Waals surface area contributed by atoms with Gasteiger partial charge in [0.1, 0.15) is 0 Å². The maximum atomic E-state index is 10.6. The van der Waals surface area contributed by atoms with E-state index < -0.39 is 11.9 Å². The van der Waals surface area contributed by atoms with E-state index >= 15 is 0 Å². The van der Waals surface area contributed by atoms with Gasteiger partial charge in [0.25, 0.3) is 0 Å². The number of hydrogen-bond donors (Lipinski definition) is 2. The molecule has 0 atom stereocenters. The summed E-state index contributed by atoms with van der Waals surface area (Å²) < 4.78 is 0. The smallest absolute Gasteiger partial charge is 0.307 e. The Labute approximate surface area is 140 Å². The van der Waals surface area contributed by atoms with Crippen LogP contribution in [0.3, 0.4) is 0 Å². The van der Waals surface area contributed by atoms with Crippen molar-refractivity contribution >= 4 is 11.9 Å².